The first-order valence-corrected chi connectivity index (χ1v) is 11.1. The lowest BCUT2D eigenvalue weighted by atomic mass is 10.1. The van der Waals surface area contributed by atoms with Crippen LogP contribution >= 0.6 is 23.2 Å². The summed E-state index contributed by atoms with van der Waals surface area (Å²) < 4.78 is 23.8. The average molecular weight is 424 g/mol. The number of rotatable bonds is 5. The predicted molar refractivity (Wildman–Crippen MR) is 110 cm³/mol. The van der Waals surface area contributed by atoms with E-state index in [1.54, 1.807) is 29.2 Å². The molecule has 1 saturated heterocycles. The van der Waals surface area contributed by atoms with Crippen molar-refractivity contribution in [2.45, 2.75) is 19.0 Å². The third kappa shape index (κ3) is 5.34. The number of carbonyl (C=O) groups is 1. The lowest BCUT2D eigenvalue weighted by Gasteiger charge is -2.27. The topological polar surface area (TPSA) is 54.5 Å². The molecule has 1 amide bonds. The number of hydrogen-bond acceptors (Lipinski definition) is 3. The van der Waals surface area contributed by atoms with Crippen LogP contribution in [-0.2, 0) is 21.2 Å². The number of sulfone groups is 1. The van der Waals surface area contributed by atoms with Crippen molar-refractivity contribution in [2.24, 2.45) is 0 Å². The fourth-order valence-electron chi connectivity index (χ4n) is 3.11. The summed E-state index contributed by atoms with van der Waals surface area (Å²) >= 11 is 12.2. The summed E-state index contributed by atoms with van der Waals surface area (Å²) in [5.74, 6) is -0.165. The van der Waals surface area contributed by atoms with Crippen LogP contribution in [0.1, 0.15) is 17.5 Å². The van der Waals surface area contributed by atoms with Gasteiger partial charge in [-0.05, 0) is 41.8 Å². The second-order valence-corrected chi connectivity index (χ2v) is 9.58. The van der Waals surface area contributed by atoms with Gasteiger partial charge in [-0.1, -0.05) is 53.5 Å². The smallest absolute Gasteiger partial charge is 0.247 e. The summed E-state index contributed by atoms with van der Waals surface area (Å²) in [4.78, 5) is 14.5. The molecule has 3 rings (SSSR count). The molecule has 7 heteroatoms. The zero-order chi connectivity index (χ0) is 19.4. The highest BCUT2D eigenvalue weighted by molar-refractivity contribution is 7.91. The first-order chi connectivity index (χ1) is 12.8. The van der Waals surface area contributed by atoms with Crippen LogP contribution < -0.4 is 0 Å². The lowest BCUT2D eigenvalue weighted by molar-refractivity contribution is -0.128. The van der Waals surface area contributed by atoms with E-state index in [0.717, 1.165) is 11.1 Å². The Labute approximate surface area is 169 Å². The molecule has 4 nitrogen and oxygen atoms in total. The van der Waals surface area contributed by atoms with Gasteiger partial charge in [0.15, 0.2) is 9.84 Å². The van der Waals surface area contributed by atoms with Crippen molar-refractivity contribution in [3.05, 3.63) is 75.8 Å². The average Bonchev–Trinajstić information content (AvgIpc) is 2.98. The fraction of sp³-hybridized carbons (Fsp3) is 0.250. The first-order valence-electron chi connectivity index (χ1n) is 8.52. The third-order valence-electron chi connectivity index (χ3n) is 4.48. The Morgan fingerprint density at radius 3 is 2.59 bits per heavy atom. The zero-order valence-corrected chi connectivity index (χ0v) is 16.8. The van der Waals surface area contributed by atoms with Gasteiger partial charge in [-0.3, -0.25) is 4.79 Å². The van der Waals surface area contributed by atoms with E-state index in [1.165, 1.54) is 6.08 Å². The maximum atomic E-state index is 12.9. The highest BCUT2D eigenvalue weighted by Crippen LogP contribution is 2.23. The Bertz CT molecular complexity index is 973. The van der Waals surface area contributed by atoms with Crippen molar-refractivity contribution < 1.29 is 13.2 Å². The number of halogens is 2. The number of carbonyl (C=O) groups excluding carboxylic acids is 1. The van der Waals surface area contributed by atoms with Crippen LogP contribution in [-0.4, -0.2) is 36.8 Å². The minimum absolute atomic E-state index is 0.0146. The minimum atomic E-state index is -3.11. The quantitative estimate of drug-likeness (QED) is 0.676. The van der Waals surface area contributed by atoms with Crippen molar-refractivity contribution in [3.63, 3.8) is 0 Å². The SMILES string of the molecule is O=C(/C=C/c1ccccc1Cl)N(Cc1cccc(Cl)c1)[C@H]1CCS(=O)(=O)C1. The normalized spacial score (nSPS) is 18.7. The van der Waals surface area contributed by atoms with Gasteiger partial charge >= 0.3 is 0 Å². The summed E-state index contributed by atoms with van der Waals surface area (Å²) in [7, 11) is -3.11. The Morgan fingerprint density at radius 2 is 1.93 bits per heavy atom. The monoisotopic (exact) mass is 423 g/mol. The predicted octanol–water partition coefficient (Wildman–Crippen LogP) is 4.22. The third-order valence-corrected chi connectivity index (χ3v) is 6.81. The van der Waals surface area contributed by atoms with Crippen LogP contribution in [0, 0.1) is 0 Å². The van der Waals surface area contributed by atoms with E-state index >= 15 is 0 Å². The number of hydrogen-bond donors (Lipinski definition) is 0. The highest BCUT2D eigenvalue weighted by Gasteiger charge is 2.34. The van der Waals surface area contributed by atoms with Crippen LogP contribution in [0.3, 0.4) is 0 Å². The van der Waals surface area contributed by atoms with Crippen molar-refractivity contribution in [1.82, 2.24) is 4.90 Å². The summed E-state index contributed by atoms with van der Waals surface area (Å²) in [5, 5.41) is 1.12. The fourth-order valence-corrected chi connectivity index (χ4v) is 5.25. The van der Waals surface area contributed by atoms with E-state index in [0.29, 0.717) is 23.0 Å². The summed E-state index contributed by atoms with van der Waals surface area (Å²) in [5.41, 5.74) is 1.58. The maximum absolute atomic E-state index is 12.9. The van der Waals surface area contributed by atoms with Crippen molar-refractivity contribution in [1.29, 1.82) is 0 Å². The maximum Gasteiger partial charge on any atom is 0.247 e. The van der Waals surface area contributed by atoms with Gasteiger partial charge in [-0.25, -0.2) is 8.42 Å². The number of benzene rings is 2. The van der Waals surface area contributed by atoms with Crippen molar-refractivity contribution in [2.75, 3.05) is 11.5 Å². The molecule has 0 bridgehead atoms. The first kappa shape index (κ1) is 19.9. The van der Waals surface area contributed by atoms with E-state index < -0.39 is 9.84 Å². The van der Waals surface area contributed by atoms with Crippen molar-refractivity contribution >= 4 is 45.0 Å². The van der Waals surface area contributed by atoms with Gasteiger partial charge in [0.25, 0.3) is 0 Å². The molecule has 0 unspecified atom stereocenters. The second-order valence-electron chi connectivity index (χ2n) is 6.51. The summed E-state index contributed by atoms with van der Waals surface area (Å²) in [6.45, 7) is 0.298. The summed E-state index contributed by atoms with van der Waals surface area (Å²) in [6.07, 6.45) is 3.53. The molecule has 1 aliphatic rings. The molecule has 0 radical (unpaired) electrons. The molecule has 2 aromatic carbocycles. The molecule has 1 atom stereocenters. The molecule has 0 saturated carbocycles. The van der Waals surface area contributed by atoms with Gasteiger partial charge in [0.1, 0.15) is 0 Å². The highest BCUT2D eigenvalue weighted by atomic mass is 35.5. The van der Waals surface area contributed by atoms with Crippen LogP contribution in [0.5, 0.6) is 0 Å². The molecule has 27 heavy (non-hydrogen) atoms. The Morgan fingerprint density at radius 1 is 1.15 bits per heavy atom. The van der Waals surface area contributed by atoms with Crippen LogP contribution in [0.4, 0.5) is 0 Å². The van der Waals surface area contributed by atoms with E-state index in [1.807, 2.05) is 30.3 Å². The molecule has 0 aliphatic carbocycles. The molecular formula is C20H19Cl2NO3S. The molecule has 0 aromatic heterocycles. The second kappa shape index (κ2) is 8.46. The molecule has 1 fully saturated rings. The molecular weight excluding hydrogens is 405 g/mol. The van der Waals surface area contributed by atoms with E-state index in [2.05, 4.69) is 0 Å². The van der Waals surface area contributed by atoms with Crippen LogP contribution in [0.25, 0.3) is 6.08 Å². The number of nitrogens with zero attached hydrogens (tertiary/aromatic N) is 1. The molecule has 0 spiro atoms. The van der Waals surface area contributed by atoms with E-state index in [9.17, 15) is 13.2 Å². The molecule has 142 valence electrons. The Kier molecular flexibility index (Phi) is 6.25. The van der Waals surface area contributed by atoms with Gasteiger partial charge < -0.3 is 4.90 Å². The molecule has 2 aromatic rings. The van der Waals surface area contributed by atoms with Gasteiger partial charge in [0, 0.05) is 28.7 Å². The Hall–Kier alpha value is -1.82. The van der Waals surface area contributed by atoms with Gasteiger partial charge in [-0.15, -0.1) is 0 Å². The van der Waals surface area contributed by atoms with Crippen LogP contribution in [0.2, 0.25) is 10.0 Å². The van der Waals surface area contributed by atoms with Gasteiger partial charge in [0.2, 0.25) is 5.91 Å². The van der Waals surface area contributed by atoms with Gasteiger partial charge in [-0.2, -0.15) is 0 Å². The largest absolute Gasteiger partial charge is 0.331 e. The van der Waals surface area contributed by atoms with Crippen molar-refractivity contribution in [3.8, 4) is 0 Å². The molecule has 0 N–H and O–H groups in total. The Balaban J connectivity index is 1.84. The minimum Gasteiger partial charge on any atom is -0.331 e. The summed E-state index contributed by atoms with van der Waals surface area (Å²) in [6, 6.07) is 14.1. The number of amides is 1. The van der Waals surface area contributed by atoms with E-state index in [4.69, 9.17) is 23.2 Å². The van der Waals surface area contributed by atoms with Gasteiger partial charge in [0.05, 0.1) is 11.5 Å². The standard InChI is InChI=1S/C20H19Cl2NO3S/c21-17-6-3-4-15(12-17)13-23(18-10-11-27(25,26)14-18)20(24)9-8-16-5-1-2-7-19(16)22/h1-9,12,18H,10-11,13-14H2/b9-8+/t18-/m0/s1. The lowest BCUT2D eigenvalue weighted by Crippen LogP contribution is -2.39. The molecule has 1 aliphatic heterocycles. The molecule has 1 heterocycles. The zero-order valence-electron chi connectivity index (χ0n) is 14.5. The van der Waals surface area contributed by atoms with Crippen LogP contribution in [0.15, 0.2) is 54.6 Å². The van der Waals surface area contributed by atoms with E-state index in [-0.39, 0.29) is 23.5 Å².